The first kappa shape index (κ1) is 19.9. The summed E-state index contributed by atoms with van der Waals surface area (Å²) < 4.78 is 7.41. The Balaban J connectivity index is 1.19. The van der Waals surface area contributed by atoms with Crippen LogP contribution in [0.1, 0.15) is 35.1 Å². The minimum atomic E-state index is 0.317. The second-order valence-electron chi connectivity index (χ2n) is 8.75. The highest BCUT2D eigenvalue weighted by Gasteiger charge is 2.37. The lowest BCUT2D eigenvalue weighted by Gasteiger charge is -2.37. The summed E-state index contributed by atoms with van der Waals surface area (Å²) in [7, 11) is 0. The molecule has 3 heteroatoms. The molecule has 32 heavy (non-hydrogen) atoms. The smallest absolute Gasteiger partial charge is 0.119 e. The minimum absolute atomic E-state index is 0.317. The maximum atomic E-state index is 6.11. The molecule has 158 valence electrons. The van der Waals surface area contributed by atoms with Crippen LogP contribution in [0.25, 0.3) is 10.8 Å². The number of ether oxygens (including phenoxy) is 1. The number of benzene rings is 4. The van der Waals surface area contributed by atoms with Gasteiger partial charge in [0.25, 0.3) is 0 Å². The van der Waals surface area contributed by atoms with E-state index < -0.39 is 0 Å². The maximum absolute atomic E-state index is 6.11. The summed E-state index contributed by atoms with van der Waals surface area (Å²) in [6.07, 6.45) is 5.86. The molecule has 6 rings (SSSR count). The molecule has 2 nitrogen and oxygen atoms in total. The molecule has 0 aromatic heterocycles. The Bertz CT molecular complexity index is 1310. The molecule has 4 aromatic rings. The van der Waals surface area contributed by atoms with Crippen molar-refractivity contribution in [1.29, 1.82) is 0 Å². The third-order valence-corrected chi connectivity index (χ3v) is 7.45. The molecule has 1 heterocycles. The number of hydrogen-bond acceptors (Lipinski definition) is 2. The van der Waals surface area contributed by atoms with Gasteiger partial charge in [-0.2, -0.15) is 0 Å². The van der Waals surface area contributed by atoms with Gasteiger partial charge in [-0.15, -0.1) is 0 Å². The molecule has 0 amide bonds. The summed E-state index contributed by atoms with van der Waals surface area (Å²) in [6.45, 7) is 0.576. The van der Waals surface area contributed by atoms with Gasteiger partial charge in [-0.25, -0.2) is 0 Å². The average Bonchev–Trinajstić information content (AvgIpc) is 3.33. The van der Waals surface area contributed by atoms with Crippen molar-refractivity contribution in [3.8, 4) is 5.75 Å². The summed E-state index contributed by atoms with van der Waals surface area (Å²) >= 11 is 2.41. The van der Waals surface area contributed by atoms with E-state index in [1.54, 1.807) is 0 Å². The predicted octanol–water partition coefficient (Wildman–Crippen LogP) is 7.85. The van der Waals surface area contributed by atoms with E-state index >= 15 is 0 Å². The SMILES string of the molecule is Ic1ccc2c(c1)[C@@H]1C=CC[C@@H]1[C@H](c1ccc(OCc3ccc4ccccc4c3)cc1)N2. The Labute approximate surface area is 202 Å². The first-order chi connectivity index (χ1) is 15.7. The fourth-order valence-electron chi connectivity index (χ4n) is 5.16. The standard InChI is InChI=1S/C29H24INO/c30-23-12-15-28-27(17-23)25-6-3-7-26(25)29(31-28)21-10-13-24(14-11-21)32-18-19-8-9-20-4-1-2-5-22(20)16-19/h1-6,8-17,25-26,29,31H,7,18H2/t25-,26+,29+/m1/s1. The summed E-state index contributed by atoms with van der Waals surface area (Å²) in [6, 6.07) is 30.7. The average molecular weight is 529 g/mol. The van der Waals surface area contributed by atoms with E-state index in [0.29, 0.717) is 24.5 Å². The van der Waals surface area contributed by atoms with Gasteiger partial charge in [0.05, 0.1) is 6.04 Å². The number of fused-ring (bicyclic) bond motifs is 4. The van der Waals surface area contributed by atoms with Gasteiger partial charge >= 0.3 is 0 Å². The highest BCUT2D eigenvalue weighted by atomic mass is 127. The van der Waals surface area contributed by atoms with Crippen LogP contribution in [0.2, 0.25) is 0 Å². The monoisotopic (exact) mass is 529 g/mol. The number of nitrogens with one attached hydrogen (secondary N) is 1. The topological polar surface area (TPSA) is 21.3 Å². The summed E-state index contributed by atoms with van der Waals surface area (Å²) in [5.74, 6) is 1.97. The molecule has 0 saturated heterocycles. The molecule has 0 bridgehead atoms. The van der Waals surface area contributed by atoms with Crippen LogP contribution in [0.5, 0.6) is 5.75 Å². The van der Waals surface area contributed by atoms with Crippen LogP contribution in [0.4, 0.5) is 5.69 Å². The van der Waals surface area contributed by atoms with E-state index in [1.165, 1.54) is 36.7 Å². The van der Waals surface area contributed by atoms with Gasteiger partial charge < -0.3 is 10.1 Å². The zero-order valence-electron chi connectivity index (χ0n) is 17.7. The van der Waals surface area contributed by atoms with E-state index in [2.05, 4.69) is 125 Å². The molecule has 4 aromatic carbocycles. The van der Waals surface area contributed by atoms with Crippen LogP contribution in [0.3, 0.4) is 0 Å². The number of rotatable bonds is 4. The second kappa shape index (κ2) is 8.28. The van der Waals surface area contributed by atoms with Gasteiger partial charge in [-0.1, -0.05) is 60.7 Å². The van der Waals surface area contributed by atoms with Crippen LogP contribution in [-0.2, 0) is 6.61 Å². The van der Waals surface area contributed by atoms with Crippen LogP contribution in [-0.4, -0.2) is 0 Å². The van der Waals surface area contributed by atoms with Crippen LogP contribution >= 0.6 is 22.6 Å². The lowest BCUT2D eigenvalue weighted by atomic mass is 9.77. The predicted molar refractivity (Wildman–Crippen MR) is 140 cm³/mol. The molecule has 0 fully saturated rings. The van der Waals surface area contributed by atoms with Crippen molar-refractivity contribution in [1.82, 2.24) is 0 Å². The lowest BCUT2D eigenvalue weighted by molar-refractivity contribution is 0.306. The quantitative estimate of drug-likeness (QED) is 0.215. The van der Waals surface area contributed by atoms with Crippen LogP contribution in [0, 0.1) is 9.49 Å². The number of halogens is 1. The number of hydrogen-bond donors (Lipinski definition) is 1. The summed E-state index contributed by atoms with van der Waals surface area (Å²) in [5, 5.41) is 6.33. The Kier molecular flexibility index (Phi) is 5.14. The highest BCUT2D eigenvalue weighted by Crippen LogP contribution is 2.50. The molecule has 0 radical (unpaired) electrons. The van der Waals surface area contributed by atoms with Crippen molar-refractivity contribution in [2.24, 2.45) is 5.92 Å². The summed E-state index contributed by atoms with van der Waals surface area (Å²) in [5.41, 5.74) is 5.21. The first-order valence-electron chi connectivity index (χ1n) is 11.2. The van der Waals surface area contributed by atoms with E-state index in [-0.39, 0.29) is 0 Å². The second-order valence-corrected chi connectivity index (χ2v) is 9.99. The molecule has 1 aliphatic carbocycles. The van der Waals surface area contributed by atoms with Gasteiger partial charge in [0.1, 0.15) is 12.4 Å². The maximum Gasteiger partial charge on any atom is 0.119 e. The Morgan fingerprint density at radius 2 is 1.72 bits per heavy atom. The Morgan fingerprint density at radius 1 is 0.875 bits per heavy atom. The van der Waals surface area contributed by atoms with Gasteiger partial charge in [0, 0.05) is 15.2 Å². The third kappa shape index (κ3) is 3.69. The highest BCUT2D eigenvalue weighted by molar-refractivity contribution is 14.1. The van der Waals surface area contributed by atoms with Crippen molar-refractivity contribution >= 4 is 39.1 Å². The van der Waals surface area contributed by atoms with E-state index in [9.17, 15) is 0 Å². The molecule has 3 atom stereocenters. The summed E-state index contributed by atoms with van der Waals surface area (Å²) in [4.78, 5) is 0. The molecule has 1 aliphatic heterocycles. The van der Waals surface area contributed by atoms with Crippen molar-refractivity contribution in [2.45, 2.75) is 25.0 Å². The van der Waals surface area contributed by atoms with Gasteiger partial charge in [-0.3, -0.25) is 0 Å². The molecule has 2 aliphatic rings. The number of anilines is 1. The van der Waals surface area contributed by atoms with Crippen molar-refractivity contribution in [2.75, 3.05) is 5.32 Å². The number of allylic oxidation sites excluding steroid dienone is 2. The fraction of sp³-hybridized carbons (Fsp3) is 0.172. The zero-order valence-corrected chi connectivity index (χ0v) is 19.8. The molecule has 0 spiro atoms. The lowest BCUT2D eigenvalue weighted by Crippen LogP contribution is -2.29. The van der Waals surface area contributed by atoms with Gasteiger partial charge in [0.2, 0.25) is 0 Å². The fourth-order valence-corrected chi connectivity index (χ4v) is 5.68. The van der Waals surface area contributed by atoms with Gasteiger partial charge in [0.15, 0.2) is 0 Å². The largest absolute Gasteiger partial charge is 0.489 e. The van der Waals surface area contributed by atoms with E-state index in [1.807, 2.05) is 0 Å². The van der Waals surface area contributed by atoms with Crippen molar-refractivity contribution in [3.63, 3.8) is 0 Å². The third-order valence-electron chi connectivity index (χ3n) is 6.78. The molecule has 0 saturated carbocycles. The van der Waals surface area contributed by atoms with Crippen molar-refractivity contribution in [3.05, 3.63) is 117 Å². The van der Waals surface area contributed by atoms with Gasteiger partial charge in [-0.05, 0) is 98.8 Å². The van der Waals surface area contributed by atoms with E-state index in [0.717, 1.165) is 12.2 Å². The van der Waals surface area contributed by atoms with Crippen LogP contribution in [0.15, 0.2) is 97.1 Å². The minimum Gasteiger partial charge on any atom is -0.489 e. The first-order valence-corrected chi connectivity index (χ1v) is 12.3. The Hall–Kier alpha value is -2.79. The molecular weight excluding hydrogens is 505 g/mol. The molecule has 0 unspecified atom stereocenters. The van der Waals surface area contributed by atoms with Crippen LogP contribution < -0.4 is 10.1 Å². The normalized spacial score (nSPS) is 21.1. The van der Waals surface area contributed by atoms with E-state index in [4.69, 9.17) is 4.74 Å². The zero-order chi connectivity index (χ0) is 21.5. The van der Waals surface area contributed by atoms with Crippen molar-refractivity contribution < 1.29 is 4.74 Å². The Morgan fingerprint density at radius 3 is 2.59 bits per heavy atom. The molecule has 1 N–H and O–H groups in total. The molecular formula is C29H24INO.